The van der Waals surface area contributed by atoms with E-state index in [1.54, 1.807) is 13.0 Å². The Morgan fingerprint density at radius 1 is 1.30 bits per heavy atom. The van der Waals surface area contributed by atoms with Crippen LogP contribution in [-0.4, -0.2) is 16.0 Å². The van der Waals surface area contributed by atoms with Crippen LogP contribution in [-0.2, 0) is 0 Å². The van der Waals surface area contributed by atoms with Crippen LogP contribution in [0.1, 0.15) is 16.1 Å². The van der Waals surface area contributed by atoms with Crippen molar-refractivity contribution in [2.24, 2.45) is 0 Å². The topological polar surface area (TPSA) is 94.0 Å². The third-order valence-corrected chi connectivity index (χ3v) is 2.94. The van der Waals surface area contributed by atoms with Crippen molar-refractivity contribution in [2.75, 3.05) is 11.1 Å². The Hall–Kier alpha value is -2.89. The summed E-state index contributed by atoms with van der Waals surface area (Å²) in [5.41, 5.74) is 6.94. The van der Waals surface area contributed by atoms with Crippen molar-refractivity contribution in [3.63, 3.8) is 0 Å². The number of pyridine rings is 1. The minimum Gasteiger partial charge on any atom is -0.383 e. The molecule has 0 fully saturated rings. The maximum absolute atomic E-state index is 12.3. The van der Waals surface area contributed by atoms with E-state index in [0.717, 1.165) is 10.8 Å². The van der Waals surface area contributed by atoms with Crippen LogP contribution in [0.15, 0.2) is 41.1 Å². The molecule has 3 rings (SSSR count). The maximum Gasteiger partial charge on any atom is 0.260 e. The first kappa shape index (κ1) is 12.2. The Morgan fingerprint density at radius 2 is 2.05 bits per heavy atom. The van der Waals surface area contributed by atoms with Crippen molar-refractivity contribution in [3.05, 3.63) is 47.8 Å². The number of hydrogen-bond acceptors (Lipinski definition) is 5. The predicted molar refractivity (Wildman–Crippen MR) is 75.3 cm³/mol. The molecule has 0 saturated heterocycles. The average Bonchev–Trinajstić information content (AvgIpc) is 2.84. The van der Waals surface area contributed by atoms with Gasteiger partial charge in [0.25, 0.3) is 5.91 Å². The summed E-state index contributed by atoms with van der Waals surface area (Å²) in [6.45, 7) is 1.78. The van der Waals surface area contributed by atoms with E-state index < -0.39 is 0 Å². The molecule has 3 N–H and O–H groups in total. The number of nitrogen functional groups attached to an aromatic ring is 1. The SMILES string of the molecule is Cc1cc(NC(=O)c2cnc(N)c3ccccc23)on1. The third kappa shape index (κ3) is 2.07. The highest BCUT2D eigenvalue weighted by Gasteiger charge is 2.14. The lowest BCUT2D eigenvalue weighted by Crippen LogP contribution is -2.12. The Kier molecular flexibility index (Phi) is 2.83. The van der Waals surface area contributed by atoms with Crippen LogP contribution in [0.3, 0.4) is 0 Å². The molecule has 0 unspecified atom stereocenters. The van der Waals surface area contributed by atoms with Crippen LogP contribution in [0.4, 0.5) is 11.7 Å². The molecule has 20 heavy (non-hydrogen) atoms. The van der Waals surface area contributed by atoms with E-state index in [4.69, 9.17) is 10.3 Å². The van der Waals surface area contributed by atoms with Crippen molar-refractivity contribution in [3.8, 4) is 0 Å². The summed E-state index contributed by atoms with van der Waals surface area (Å²) in [4.78, 5) is 16.3. The van der Waals surface area contributed by atoms with Crippen molar-refractivity contribution in [1.82, 2.24) is 10.1 Å². The van der Waals surface area contributed by atoms with E-state index in [0.29, 0.717) is 23.0 Å². The lowest BCUT2D eigenvalue weighted by molar-refractivity contribution is 0.102. The van der Waals surface area contributed by atoms with Gasteiger partial charge >= 0.3 is 0 Å². The van der Waals surface area contributed by atoms with E-state index in [1.807, 2.05) is 24.3 Å². The van der Waals surface area contributed by atoms with Crippen LogP contribution in [0, 0.1) is 6.92 Å². The number of aromatic nitrogens is 2. The van der Waals surface area contributed by atoms with Crippen LogP contribution in [0.5, 0.6) is 0 Å². The van der Waals surface area contributed by atoms with Crippen LogP contribution in [0.2, 0.25) is 0 Å². The highest BCUT2D eigenvalue weighted by atomic mass is 16.5. The summed E-state index contributed by atoms with van der Waals surface area (Å²) in [6, 6.07) is 8.99. The molecule has 0 bridgehead atoms. The molecule has 2 aromatic heterocycles. The second-order valence-electron chi connectivity index (χ2n) is 4.39. The van der Waals surface area contributed by atoms with Crippen LogP contribution < -0.4 is 11.1 Å². The quantitative estimate of drug-likeness (QED) is 0.744. The fourth-order valence-corrected chi connectivity index (χ4v) is 2.00. The smallest absolute Gasteiger partial charge is 0.260 e. The number of benzene rings is 1. The Balaban J connectivity index is 2.01. The molecule has 0 aliphatic rings. The fourth-order valence-electron chi connectivity index (χ4n) is 2.00. The number of fused-ring (bicyclic) bond motifs is 1. The molecule has 6 nitrogen and oxygen atoms in total. The molecule has 0 saturated carbocycles. The number of hydrogen-bond donors (Lipinski definition) is 2. The van der Waals surface area contributed by atoms with Crippen molar-refractivity contribution in [1.29, 1.82) is 0 Å². The zero-order valence-electron chi connectivity index (χ0n) is 10.8. The molecule has 0 radical (unpaired) electrons. The molecular formula is C14H12N4O2. The highest BCUT2D eigenvalue weighted by molar-refractivity contribution is 6.13. The Bertz CT molecular complexity index is 795. The Labute approximate surface area is 114 Å². The van der Waals surface area contributed by atoms with E-state index >= 15 is 0 Å². The van der Waals surface area contributed by atoms with Gasteiger partial charge in [0.05, 0.1) is 11.3 Å². The molecule has 0 aliphatic carbocycles. The van der Waals surface area contributed by atoms with Gasteiger partial charge in [0.2, 0.25) is 5.88 Å². The number of carbonyl (C=O) groups excluding carboxylic acids is 1. The van der Waals surface area contributed by atoms with Gasteiger partial charge in [-0.05, 0) is 12.3 Å². The lowest BCUT2D eigenvalue weighted by atomic mass is 10.1. The first-order valence-corrected chi connectivity index (χ1v) is 6.03. The lowest BCUT2D eigenvalue weighted by Gasteiger charge is -2.07. The van der Waals surface area contributed by atoms with Crippen LogP contribution in [0.25, 0.3) is 10.8 Å². The monoisotopic (exact) mass is 268 g/mol. The van der Waals surface area contributed by atoms with Crippen molar-refractivity contribution >= 4 is 28.4 Å². The second kappa shape index (κ2) is 4.65. The molecular weight excluding hydrogens is 256 g/mol. The number of anilines is 2. The number of rotatable bonds is 2. The van der Waals surface area contributed by atoms with Gasteiger partial charge in [0.1, 0.15) is 5.82 Å². The first-order valence-electron chi connectivity index (χ1n) is 6.03. The molecule has 6 heteroatoms. The van der Waals surface area contributed by atoms with Crippen LogP contribution >= 0.6 is 0 Å². The zero-order valence-corrected chi connectivity index (χ0v) is 10.8. The molecule has 0 spiro atoms. The second-order valence-corrected chi connectivity index (χ2v) is 4.39. The standard InChI is InChI=1S/C14H12N4O2/c1-8-6-12(20-18-8)17-14(19)11-7-16-13(15)10-5-3-2-4-9(10)11/h2-7H,1H3,(H2,15,16)(H,17,19). The highest BCUT2D eigenvalue weighted by Crippen LogP contribution is 2.23. The van der Waals surface area contributed by atoms with Gasteiger partial charge in [-0.1, -0.05) is 29.4 Å². The van der Waals surface area contributed by atoms with Gasteiger partial charge < -0.3 is 10.3 Å². The summed E-state index contributed by atoms with van der Waals surface area (Å²) in [6.07, 6.45) is 1.45. The third-order valence-electron chi connectivity index (χ3n) is 2.94. The number of aryl methyl sites for hydroxylation is 1. The van der Waals surface area contributed by atoms with Crippen molar-refractivity contribution < 1.29 is 9.32 Å². The maximum atomic E-state index is 12.3. The number of nitrogens with zero attached hydrogens (tertiary/aromatic N) is 2. The van der Waals surface area contributed by atoms with Gasteiger partial charge in [-0.3, -0.25) is 10.1 Å². The van der Waals surface area contributed by atoms with Gasteiger partial charge in [-0.25, -0.2) is 4.98 Å². The largest absolute Gasteiger partial charge is 0.383 e. The first-order chi connectivity index (χ1) is 9.65. The molecule has 2 heterocycles. The van der Waals surface area contributed by atoms with E-state index in [1.165, 1.54) is 6.20 Å². The summed E-state index contributed by atoms with van der Waals surface area (Å²) >= 11 is 0. The summed E-state index contributed by atoms with van der Waals surface area (Å²) < 4.78 is 4.97. The summed E-state index contributed by atoms with van der Waals surface area (Å²) in [5.74, 6) is 0.380. The van der Waals surface area contributed by atoms with E-state index in [9.17, 15) is 4.79 Å². The predicted octanol–water partition coefficient (Wildman–Crippen LogP) is 2.37. The minimum absolute atomic E-state index is 0.299. The van der Waals surface area contributed by atoms with Gasteiger partial charge in [-0.2, -0.15) is 0 Å². The van der Waals surface area contributed by atoms with Gasteiger partial charge in [-0.15, -0.1) is 0 Å². The fraction of sp³-hybridized carbons (Fsp3) is 0.0714. The van der Waals surface area contributed by atoms with Gasteiger partial charge in [0, 0.05) is 17.6 Å². The Morgan fingerprint density at radius 3 is 2.75 bits per heavy atom. The molecule has 3 aromatic rings. The number of nitrogens with one attached hydrogen (secondary N) is 1. The zero-order chi connectivity index (χ0) is 14.1. The van der Waals surface area contributed by atoms with E-state index in [2.05, 4.69) is 15.5 Å². The summed E-state index contributed by atoms with van der Waals surface area (Å²) in [5, 5.41) is 7.84. The molecule has 0 atom stereocenters. The normalized spacial score (nSPS) is 10.7. The minimum atomic E-state index is -0.315. The molecule has 100 valence electrons. The summed E-state index contributed by atoms with van der Waals surface area (Å²) in [7, 11) is 0. The van der Waals surface area contributed by atoms with Crippen molar-refractivity contribution in [2.45, 2.75) is 6.92 Å². The molecule has 1 amide bonds. The number of nitrogens with two attached hydrogens (primary N) is 1. The molecule has 0 aliphatic heterocycles. The van der Waals surface area contributed by atoms with Gasteiger partial charge in [0.15, 0.2) is 0 Å². The molecule has 1 aromatic carbocycles. The number of carbonyl (C=O) groups is 1. The average molecular weight is 268 g/mol. The van der Waals surface area contributed by atoms with E-state index in [-0.39, 0.29) is 5.91 Å². The number of amides is 1.